The highest BCUT2D eigenvalue weighted by Crippen LogP contribution is 2.17. The lowest BCUT2D eigenvalue weighted by atomic mass is 10.0. The first-order chi connectivity index (χ1) is 9.02. The molecular formula is C13H14N2O3S. The van der Waals surface area contributed by atoms with Gasteiger partial charge >= 0.3 is 0 Å². The normalized spacial score (nSPS) is 18.4. The Labute approximate surface area is 116 Å². The van der Waals surface area contributed by atoms with Gasteiger partial charge in [-0.05, 0) is 29.9 Å². The Hall–Kier alpha value is -1.95. The second-order valence-corrected chi connectivity index (χ2v) is 4.64. The Morgan fingerprint density at radius 2 is 2.05 bits per heavy atom. The lowest BCUT2D eigenvalue weighted by molar-refractivity contribution is -0.131. The quantitative estimate of drug-likeness (QED) is 0.834. The maximum absolute atomic E-state index is 11.8. The van der Waals surface area contributed by atoms with Crippen LogP contribution >= 0.6 is 12.2 Å². The number of carbonyl (C=O) groups excluding carboxylic acids is 2. The zero-order valence-electron chi connectivity index (χ0n) is 10.7. The molecule has 0 bridgehead atoms. The lowest BCUT2D eigenvalue weighted by Gasteiger charge is -2.19. The van der Waals surface area contributed by atoms with Crippen molar-refractivity contribution in [1.82, 2.24) is 10.2 Å². The number of benzene rings is 1. The van der Waals surface area contributed by atoms with Crippen molar-refractivity contribution in [3.8, 4) is 5.75 Å². The monoisotopic (exact) mass is 278 g/mol. The Morgan fingerprint density at radius 1 is 1.42 bits per heavy atom. The fourth-order valence-electron chi connectivity index (χ4n) is 2.04. The van der Waals surface area contributed by atoms with Gasteiger partial charge in [0.15, 0.2) is 5.11 Å². The molecule has 1 aliphatic rings. The summed E-state index contributed by atoms with van der Waals surface area (Å²) in [5.41, 5.74) is 0.942. The van der Waals surface area contributed by atoms with Crippen LogP contribution in [0.15, 0.2) is 24.3 Å². The van der Waals surface area contributed by atoms with E-state index in [1.54, 1.807) is 7.11 Å². The second kappa shape index (κ2) is 5.36. The topological polar surface area (TPSA) is 58.6 Å². The van der Waals surface area contributed by atoms with Gasteiger partial charge in [-0.2, -0.15) is 0 Å². The molecule has 1 aliphatic heterocycles. The highest BCUT2D eigenvalue weighted by molar-refractivity contribution is 7.80. The standard InChI is InChI=1S/C13H14N2O3S/c1-8(16)15-11(12(17)14-13(15)19)7-9-3-5-10(18-2)6-4-9/h3-6,11H,7H2,1-2H3,(H,14,17,19)/t11-/m1/s1. The lowest BCUT2D eigenvalue weighted by Crippen LogP contribution is -2.40. The minimum Gasteiger partial charge on any atom is -0.497 e. The Balaban J connectivity index is 2.18. The number of rotatable bonds is 3. The average Bonchev–Trinajstić information content (AvgIpc) is 2.65. The molecule has 0 radical (unpaired) electrons. The predicted octanol–water partition coefficient (Wildman–Crippen LogP) is 0.869. The number of hydrogen-bond donors (Lipinski definition) is 1. The van der Waals surface area contributed by atoms with E-state index in [-0.39, 0.29) is 16.9 Å². The SMILES string of the molecule is COc1ccc(C[C@@H]2C(=O)NC(=S)N2C(C)=O)cc1. The second-order valence-electron chi connectivity index (χ2n) is 4.25. The number of thiocarbonyl (C=S) groups is 1. The van der Waals surface area contributed by atoms with E-state index in [1.807, 2.05) is 24.3 Å². The molecule has 1 aromatic rings. The van der Waals surface area contributed by atoms with Crippen LogP contribution in [0.3, 0.4) is 0 Å². The highest BCUT2D eigenvalue weighted by Gasteiger charge is 2.38. The Morgan fingerprint density at radius 3 is 2.58 bits per heavy atom. The minimum absolute atomic E-state index is 0.177. The van der Waals surface area contributed by atoms with E-state index in [2.05, 4.69) is 5.32 Å². The van der Waals surface area contributed by atoms with Crippen molar-refractivity contribution in [2.24, 2.45) is 0 Å². The molecule has 1 fully saturated rings. The number of hydrogen-bond acceptors (Lipinski definition) is 4. The summed E-state index contributed by atoms with van der Waals surface area (Å²) < 4.78 is 5.07. The molecule has 0 spiro atoms. The predicted molar refractivity (Wildman–Crippen MR) is 73.7 cm³/mol. The molecule has 2 rings (SSSR count). The number of amides is 2. The number of carbonyl (C=O) groups is 2. The third-order valence-corrected chi connectivity index (χ3v) is 3.29. The van der Waals surface area contributed by atoms with Gasteiger partial charge in [-0.15, -0.1) is 0 Å². The van der Waals surface area contributed by atoms with Gasteiger partial charge < -0.3 is 10.1 Å². The van der Waals surface area contributed by atoms with Crippen LogP contribution in [0.4, 0.5) is 0 Å². The van der Waals surface area contributed by atoms with Crippen molar-refractivity contribution in [3.63, 3.8) is 0 Å². The van der Waals surface area contributed by atoms with E-state index >= 15 is 0 Å². The average molecular weight is 278 g/mol. The van der Waals surface area contributed by atoms with Crippen LogP contribution < -0.4 is 10.1 Å². The maximum Gasteiger partial charge on any atom is 0.249 e. The Bertz CT molecular complexity index is 527. The molecule has 1 atom stereocenters. The van der Waals surface area contributed by atoms with Gasteiger partial charge in [0.05, 0.1) is 7.11 Å². The first kappa shape index (κ1) is 13.5. The van der Waals surface area contributed by atoms with Gasteiger partial charge in [0.25, 0.3) is 0 Å². The summed E-state index contributed by atoms with van der Waals surface area (Å²) in [6.45, 7) is 1.40. The van der Waals surface area contributed by atoms with Crippen molar-refractivity contribution >= 4 is 29.1 Å². The molecule has 1 N–H and O–H groups in total. The first-order valence-electron chi connectivity index (χ1n) is 5.80. The first-order valence-corrected chi connectivity index (χ1v) is 6.21. The van der Waals surface area contributed by atoms with Gasteiger partial charge in [0.1, 0.15) is 11.8 Å². The fraction of sp³-hybridized carbons (Fsp3) is 0.308. The van der Waals surface area contributed by atoms with Crippen molar-refractivity contribution < 1.29 is 14.3 Å². The summed E-state index contributed by atoms with van der Waals surface area (Å²) in [7, 11) is 1.59. The smallest absolute Gasteiger partial charge is 0.249 e. The number of nitrogens with one attached hydrogen (secondary N) is 1. The third kappa shape index (κ3) is 2.73. The fourth-order valence-corrected chi connectivity index (χ4v) is 2.40. The zero-order valence-corrected chi connectivity index (χ0v) is 11.5. The van der Waals surface area contributed by atoms with Gasteiger partial charge in [-0.3, -0.25) is 14.5 Å². The summed E-state index contributed by atoms with van der Waals surface area (Å²) in [6, 6.07) is 6.80. The summed E-state index contributed by atoms with van der Waals surface area (Å²) in [5.74, 6) is 0.274. The van der Waals surface area contributed by atoms with Crippen LogP contribution in [0.5, 0.6) is 5.75 Å². The van der Waals surface area contributed by atoms with E-state index < -0.39 is 6.04 Å². The molecule has 6 heteroatoms. The van der Waals surface area contributed by atoms with Crippen LogP contribution in [0.1, 0.15) is 12.5 Å². The summed E-state index contributed by atoms with van der Waals surface area (Å²) in [5, 5.41) is 2.69. The number of methoxy groups -OCH3 is 1. The zero-order chi connectivity index (χ0) is 14.0. The van der Waals surface area contributed by atoms with Crippen LogP contribution in [-0.2, 0) is 16.0 Å². The van der Waals surface area contributed by atoms with E-state index in [9.17, 15) is 9.59 Å². The summed E-state index contributed by atoms with van der Waals surface area (Å²) >= 11 is 4.98. The van der Waals surface area contributed by atoms with E-state index in [0.717, 1.165) is 11.3 Å². The molecule has 0 aliphatic carbocycles. The van der Waals surface area contributed by atoms with Gasteiger partial charge in [-0.1, -0.05) is 12.1 Å². The molecule has 0 aromatic heterocycles. The molecule has 19 heavy (non-hydrogen) atoms. The van der Waals surface area contributed by atoms with Gasteiger partial charge in [0, 0.05) is 13.3 Å². The van der Waals surface area contributed by atoms with Crippen LogP contribution in [-0.4, -0.2) is 35.0 Å². The van der Waals surface area contributed by atoms with Crippen LogP contribution in [0.25, 0.3) is 0 Å². The molecular weight excluding hydrogens is 264 g/mol. The van der Waals surface area contributed by atoms with E-state index in [4.69, 9.17) is 17.0 Å². The molecule has 0 unspecified atom stereocenters. The van der Waals surface area contributed by atoms with Crippen LogP contribution in [0.2, 0.25) is 0 Å². The molecule has 1 heterocycles. The largest absolute Gasteiger partial charge is 0.497 e. The van der Waals surface area contributed by atoms with Crippen molar-refractivity contribution in [1.29, 1.82) is 0 Å². The molecule has 1 saturated heterocycles. The highest BCUT2D eigenvalue weighted by atomic mass is 32.1. The molecule has 0 saturated carbocycles. The van der Waals surface area contributed by atoms with E-state index in [0.29, 0.717) is 6.42 Å². The molecule has 2 amide bonds. The van der Waals surface area contributed by atoms with Gasteiger partial charge in [-0.25, -0.2) is 0 Å². The third-order valence-electron chi connectivity index (χ3n) is 2.99. The number of nitrogens with zero attached hydrogens (tertiary/aromatic N) is 1. The van der Waals surface area contributed by atoms with Crippen molar-refractivity contribution in [2.45, 2.75) is 19.4 Å². The summed E-state index contributed by atoms with van der Waals surface area (Å²) in [6.07, 6.45) is 0.426. The molecule has 1 aromatic carbocycles. The maximum atomic E-state index is 11.8. The van der Waals surface area contributed by atoms with E-state index in [1.165, 1.54) is 11.8 Å². The molecule has 100 valence electrons. The minimum atomic E-state index is -0.571. The van der Waals surface area contributed by atoms with Crippen LogP contribution in [0, 0.1) is 0 Å². The van der Waals surface area contributed by atoms with Crippen molar-refractivity contribution in [3.05, 3.63) is 29.8 Å². The number of ether oxygens (including phenoxy) is 1. The Kier molecular flexibility index (Phi) is 3.80. The van der Waals surface area contributed by atoms with Gasteiger partial charge in [0.2, 0.25) is 11.8 Å². The molecule has 5 nitrogen and oxygen atoms in total. The summed E-state index contributed by atoms with van der Waals surface area (Å²) in [4.78, 5) is 24.7. The van der Waals surface area contributed by atoms with Crippen molar-refractivity contribution in [2.75, 3.05) is 7.11 Å².